The summed E-state index contributed by atoms with van der Waals surface area (Å²) < 4.78 is 5.67. The van der Waals surface area contributed by atoms with Gasteiger partial charge in [0.15, 0.2) is 10.3 Å². The van der Waals surface area contributed by atoms with Gasteiger partial charge >= 0.3 is 0 Å². The zero-order valence-corrected chi connectivity index (χ0v) is 21.9. The second-order valence-corrected chi connectivity index (χ2v) is 10.5. The molecule has 2 saturated heterocycles. The molecule has 0 amide bonds. The van der Waals surface area contributed by atoms with Crippen LogP contribution in [0.5, 0.6) is 0 Å². The molecule has 188 valence electrons. The Hall–Kier alpha value is -2.82. The van der Waals surface area contributed by atoms with E-state index in [0.29, 0.717) is 16.2 Å². The van der Waals surface area contributed by atoms with Crippen molar-refractivity contribution in [3.63, 3.8) is 0 Å². The molecule has 4 heterocycles. The van der Waals surface area contributed by atoms with Gasteiger partial charge in [0.2, 0.25) is 5.95 Å². The summed E-state index contributed by atoms with van der Waals surface area (Å²) >= 11 is 7.12. The minimum Gasteiger partial charge on any atom is -0.381 e. The number of benzene rings is 1. The second-order valence-electron chi connectivity index (χ2n) is 9.14. The van der Waals surface area contributed by atoms with Gasteiger partial charge in [-0.3, -0.25) is 0 Å². The number of aromatic nitrogens is 4. The largest absolute Gasteiger partial charge is 0.381 e. The van der Waals surface area contributed by atoms with Crippen LogP contribution in [0.15, 0.2) is 65.0 Å². The molecule has 0 atom stereocenters. The van der Waals surface area contributed by atoms with Gasteiger partial charge in [-0.15, -0.1) is 0 Å². The number of rotatable bonds is 7. The molecule has 0 unspecified atom stereocenters. The standard InChI is InChI=1S/C26H31N7OS2/c35-24(29-19-26(10-16-34-17-11-26)20-8-3-1-4-9-20)32-23-30-21(33-14-5-2-6-15-33)18-22(31-23)36-25-27-12-7-13-28-25/h1,3-4,7-9,12-13,18H,2,5-6,10-11,14-17,19H2,(H2,29,30,31,32,35). The van der Waals surface area contributed by atoms with Crippen LogP contribution in [0.3, 0.4) is 0 Å². The van der Waals surface area contributed by atoms with E-state index < -0.39 is 0 Å². The van der Waals surface area contributed by atoms with Gasteiger partial charge in [0, 0.05) is 56.7 Å². The average molecular weight is 522 g/mol. The fourth-order valence-corrected chi connectivity index (χ4v) is 5.63. The Morgan fingerprint density at radius 1 is 1.00 bits per heavy atom. The first-order valence-corrected chi connectivity index (χ1v) is 13.7. The predicted octanol–water partition coefficient (Wildman–Crippen LogP) is 4.44. The molecule has 2 aliphatic heterocycles. The molecule has 5 rings (SSSR count). The van der Waals surface area contributed by atoms with Crippen LogP contribution >= 0.6 is 24.0 Å². The molecule has 0 bridgehead atoms. The summed E-state index contributed by atoms with van der Waals surface area (Å²) in [7, 11) is 0. The van der Waals surface area contributed by atoms with E-state index in [1.54, 1.807) is 18.5 Å². The summed E-state index contributed by atoms with van der Waals surface area (Å²) in [6, 6.07) is 14.5. The summed E-state index contributed by atoms with van der Waals surface area (Å²) in [5, 5.41) is 8.64. The van der Waals surface area contributed by atoms with E-state index in [-0.39, 0.29) is 5.41 Å². The van der Waals surface area contributed by atoms with Crippen LogP contribution in [0.1, 0.15) is 37.7 Å². The number of nitrogens with zero attached hydrogens (tertiary/aromatic N) is 5. The van der Waals surface area contributed by atoms with E-state index in [1.165, 1.54) is 36.6 Å². The molecule has 36 heavy (non-hydrogen) atoms. The maximum atomic E-state index is 5.70. The lowest BCUT2D eigenvalue weighted by Gasteiger charge is -2.38. The molecule has 0 aliphatic carbocycles. The van der Waals surface area contributed by atoms with Crippen LogP contribution in [0, 0.1) is 0 Å². The van der Waals surface area contributed by atoms with Crippen molar-refractivity contribution in [1.29, 1.82) is 0 Å². The number of hydrogen-bond donors (Lipinski definition) is 2. The third-order valence-electron chi connectivity index (χ3n) is 6.76. The molecule has 10 heteroatoms. The van der Waals surface area contributed by atoms with Crippen LogP contribution in [-0.2, 0) is 10.2 Å². The second kappa shape index (κ2) is 11.9. The number of ether oxygens (including phenoxy) is 1. The third kappa shape index (κ3) is 6.29. The molecule has 2 N–H and O–H groups in total. The molecule has 1 aromatic carbocycles. The van der Waals surface area contributed by atoms with Gasteiger partial charge in [-0.2, -0.15) is 4.98 Å². The lowest BCUT2D eigenvalue weighted by atomic mass is 9.74. The van der Waals surface area contributed by atoms with Gasteiger partial charge in [0.05, 0.1) is 0 Å². The van der Waals surface area contributed by atoms with E-state index in [2.05, 4.69) is 55.8 Å². The molecule has 0 saturated carbocycles. The van der Waals surface area contributed by atoms with Crippen molar-refractivity contribution in [3.8, 4) is 0 Å². The number of thiocarbonyl (C=S) groups is 1. The number of anilines is 2. The molecule has 8 nitrogen and oxygen atoms in total. The van der Waals surface area contributed by atoms with E-state index in [4.69, 9.17) is 26.9 Å². The fraction of sp³-hybridized carbons (Fsp3) is 0.423. The van der Waals surface area contributed by atoms with Gasteiger partial charge in [0.25, 0.3) is 0 Å². The van der Waals surface area contributed by atoms with Crippen LogP contribution < -0.4 is 15.5 Å². The zero-order valence-electron chi connectivity index (χ0n) is 20.2. The summed E-state index contributed by atoms with van der Waals surface area (Å²) in [6.07, 6.45) is 8.97. The summed E-state index contributed by atoms with van der Waals surface area (Å²) in [6.45, 7) is 4.21. The van der Waals surface area contributed by atoms with Crippen molar-refractivity contribution in [2.24, 2.45) is 0 Å². The van der Waals surface area contributed by atoms with Gasteiger partial charge < -0.3 is 20.3 Å². The topological polar surface area (TPSA) is 88.1 Å². The predicted molar refractivity (Wildman–Crippen MR) is 147 cm³/mol. The number of nitrogens with one attached hydrogen (secondary N) is 2. The van der Waals surface area contributed by atoms with Crippen molar-refractivity contribution in [1.82, 2.24) is 25.3 Å². The van der Waals surface area contributed by atoms with E-state index in [1.807, 2.05) is 6.07 Å². The Balaban J connectivity index is 1.32. The molecular weight excluding hydrogens is 490 g/mol. The Labute approximate surface area is 221 Å². The smallest absolute Gasteiger partial charge is 0.232 e. The molecule has 0 spiro atoms. The SMILES string of the molecule is S=C(NCC1(c2ccccc2)CCOCC1)Nc1nc(Sc2ncccn2)cc(N2CCCCC2)n1. The molecule has 2 fully saturated rings. The minimum absolute atomic E-state index is 0.0204. The van der Waals surface area contributed by atoms with Crippen molar-refractivity contribution in [3.05, 3.63) is 60.4 Å². The lowest BCUT2D eigenvalue weighted by molar-refractivity contribution is 0.0515. The molecule has 2 aliphatic rings. The average Bonchev–Trinajstić information content (AvgIpc) is 2.94. The molecule has 3 aromatic rings. The van der Waals surface area contributed by atoms with Crippen LogP contribution in [0.25, 0.3) is 0 Å². The van der Waals surface area contributed by atoms with Crippen LogP contribution in [-0.4, -0.2) is 57.9 Å². The first-order chi connectivity index (χ1) is 17.7. The van der Waals surface area contributed by atoms with Crippen molar-refractivity contribution in [2.45, 2.75) is 47.7 Å². The Morgan fingerprint density at radius 2 is 1.75 bits per heavy atom. The maximum absolute atomic E-state index is 5.70. The molecular formula is C26H31N7OS2. The van der Waals surface area contributed by atoms with Gasteiger partial charge in [-0.1, -0.05) is 30.3 Å². The highest BCUT2D eigenvalue weighted by Gasteiger charge is 2.34. The highest BCUT2D eigenvalue weighted by Crippen LogP contribution is 2.34. The first-order valence-electron chi connectivity index (χ1n) is 12.5. The minimum atomic E-state index is -0.0204. The maximum Gasteiger partial charge on any atom is 0.232 e. The Kier molecular flexibility index (Phi) is 8.25. The van der Waals surface area contributed by atoms with Gasteiger partial charge in [0.1, 0.15) is 10.8 Å². The Bertz CT molecular complexity index is 1140. The molecule has 2 aromatic heterocycles. The summed E-state index contributed by atoms with van der Waals surface area (Å²) in [5.74, 6) is 1.38. The first kappa shape index (κ1) is 24.9. The number of piperidine rings is 1. The quantitative estimate of drug-likeness (QED) is 0.264. The van der Waals surface area contributed by atoms with Crippen molar-refractivity contribution < 1.29 is 4.74 Å². The summed E-state index contributed by atoms with van der Waals surface area (Å²) in [5.41, 5.74) is 1.29. The Morgan fingerprint density at radius 3 is 2.50 bits per heavy atom. The van der Waals surface area contributed by atoms with E-state index >= 15 is 0 Å². The lowest BCUT2D eigenvalue weighted by Crippen LogP contribution is -2.45. The van der Waals surface area contributed by atoms with Crippen molar-refractivity contribution >= 4 is 40.9 Å². The van der Waals surface area contributed by atoms with Gasteiger partial charge in [-0.05, 0) is 67.7 Å². The third-order valence-corrected chi connectivity index (χ3v) is 7.81. The van der Waals surface area contributed by atoms with Crippen LogP contribution in [0.2, 0.25) is 0 Å². The van der Waals surface area contributed by atoms with Crippen molar-refractivity contribution in [2.75, 3.05) is 43.1 Å². The normalized spacial score (nSPS) is 17.4. The van der Waals surface area contributed by atoms with E-state index in [0.717, 1.165) is 56.5 Å². The van der Waals surface area contributed by atoms with Crippen LogP contribution in [0.4, 0.5) is 11.8 Å². The molecule has 0 radical (unpaired) electrons. The highest BCUT2D eigenvalue weighted by molar-refractivity contribution is 7.99. The summed E-state index contributed by atoms with van der Waals surface area (Å²) in [4.78, 5) is 20.5. The zero-order chi connectivity index (χ0) is 24.6. The van der Waals surface area contributed by atoms with E-state index in [9.17, 15) is 0 Å². The highest BCUT2D eigenvalue weighted by atomic mass is 32.2. The van der Waals surface area contributed by atoms with Gasteiger partial charge in [-0.25, -0.2) is 15.0 Å². The number of hydrogen-bond acceptors (Lipinski definition) is 8. The fourth-order valence-electron chi connectivity index (χ4n) is 4.75. The monoisotopic (exact) mass is 521 g/mol.